The van der Waals surface area contributed by atoms with Crippen LogP contribution in [0.2, 0.25) is 0 Å². The molecular weight excluding hydrogens is 283 g/mol. The van der Waals surface area contributed by atoms with Gasteiger partial charge in [-0.3, -0.25) is 18.4 Å². The Labute approximate surface area is 128 Å². The zero-order chi connectivity index (χ0) is 15.8. The minimum Gasteiger partial charge on any atom is -0.294 e. The van der Waals surface area contributed by atoms with Gasteiger partial charge in [-0.15, -0.1) is 0 Å². The SMILES string of the molecule is F[B]F.O=C(Cc1ccccn1)c1ccc2ccccc2c1. The molecule has 5 heteroatoms. The Morgan fingerprint density at radius 2 is 1.64 bits per heavy atom. The van der Waals surface area contributed by atoms with Gasteiger partial charge in [0, 0.05) is 17.5 Å². The highest BCUT2D eigenvalue weighted by Gasteiger charge is 2.08. The molecule has 0 spiro atoms. The largest absolute Gasteiger partial charge is 0.577 e. The summed E-state index contributed by atoms with van der Waals surface area (Å²) < 4.78 is 19.0. The van der Waals surface area contributed by atoms with Crippen molar-refractivity contribution in [3.05, 3.63) is 78.1 Å². The Morgan fingerprint density at radius 3 is 2.32 bits per heavy atom. The summed E-state index contributed by atoms with van der Waals surface area (Å²) in [5.74, 6) is 0.101. The summed E-state index contributed by atoms with van der Waals surface area (Å²) in [7, 11) is -1.00. The van der Waals surface area contributed by atoms with Crippen molar-refractivity contribution in [3.63, 3.8) is 0 Å². The van der Waals surface area contributed by atoms with E-state index in [4.69, 9.17) is 0 Å². The lowest BCUT2D eigenvalue weighted by Gasteiger charge is -2.03. The van der Waals surface area contributed by atoms with Gasteiger partial charge in [0.05, 0.1) is 6.42 Å². The normalized spacial score (nSPS) is 9.73. The number of pyridine rings is 1. The summed E-state index contributed by atoms with van der Waals surface area (Å²) in [6.45, 7) is 0. The van der Waals surface area contributed by atoms with Gasteiger partial charge in [-0.2, -0.15) is 0 Å². The van der Waals surface area contributed by atoms with Crippen molar-refractivity contribution in [1.29, 1.82) is 0 Å². The van der Waals surface area contributed by atoms with E-state index in [1.165, 1.54) is 0 Å². The van der Waals surface area contributed by atoms with Crippen molar-refractivity contribution < 1.29 is 13.4 Å². The van der Waals surface area contributed by atoms with Crippen LogP contribution in [0.3, 0.4) is 0 Å². The number of halogens is 2. The molecule has 0 aliphatic carbocycles. The highest BCUT2D eigenvalue weighted by Crippen LogP contribution is 2.16. The average Bonchev–Trinajstić information content (AvgIpc) is 2.56. The number of carbonyl (C=O) groups is 1. The van der Waals surface area contributed by atoms with Crippen LogP contribution in [0.4, 0.5) is 8.63 Å². The average molecular weight is 296 g/mol. The molecule has 0 bridgehead atoms. The van der Waals surface area contributed by atoms with Crippen LogP contribution < -0.4 is 0 Å². The van der Waals surface area contributed by atoms with E-state index in [0.717, 1.165) is 22.0 Å². The predicted octanol–water partition coefficient (Wildman–Crippen LogP) is 4.12. The first-order valence-corrected chi connectivity index (χ1v) is 6.68. The molecular formula is C17H13BF2NO. The van der Waals surface area contributed by atoms with Gasteiger partial charge >= 0.3 is 7.83 Å². The minimum absolute atomic E-state index is 0.101. The molecule has 0 aliphatic heterocycles. The van der Waals surface area contributed by atoms with Crippen molar-refractivity contribution in [2.45, 2.75) is 6.42 Å². The van der Waals surface area contributed by atoms with Gasteiger partial charge in [0.1, 0.15) is 0 Å². The first-order valence-electron chi connectivity index (χ1n) is 6.68. The summed E-state index contributed by atoms with van der Waals surface area (Å²) in [5, 5.41) is 2.24. The van der Waals surface area contributed by atoms with Crippen molar-refractivity contribution in [2.75, 3.05) is 0 Å². The molecule has 0 unspecified atom stereocenters. The third-order valence-electron chi connectivity index (χ3n) is 3.14. The van der Waals surface area contributed by atoms with E-state index < -0.39 is 7.83 Å². The van der Waals surface area contributed by atoms with Gasteiger partial charge in [-0.1, -0.05) is 42.5 Å². The van der Waals surface area contributed by atoms with Crippen LogP contribution in [0.25, 0.3) is 10.8 Å². The van der Waals surface area contributed by atoms with Gasteiger partial charge < -0.3 is 0 Å². The van der Waals surface area contributed by atoms with Gasteiger partial charge in [-0.05, 0) is 29.0 Å². The van der Waals surface area contributed by atoms with Crippen molar-refractivity contribution in [1.82, 2.24) is 4.98 Å². The van der Waals surface area contributed by atoms with Crippen molar-refractivity contribution >= 4 is 24.4 Å². The van der Waals surface area contributed by atoms with Crippen LogP contribution in [-0.4, -0.2) is 18.6 Å². The number of ketones is 1. The molecule has 0 saturated heterocycles. The molecule has 1 aromatic heterocycles. The number of benzene rings is 2. The van der Waals surface area contributed by atoms with Crippen LogP contribution in [0.5, 0.6) is 0 Å². The molecule has 2 nitrogen and oxygen atoms in total. The van der Waals surface area contributed by atoms with Gasteiger partial charge in [0.2, 0.25) is 0 Å². The van der Waals surface area contributed by atoms with Gasteiger partial charge in [-0.25, -0.2) is 0 Å². The van der Waals surface area contributed by atoms with Crippen molar-refractivity contribution in [3.8, 4) is 0 Å². The standard InChI is InChI=1S/C17H13NO.BF2/c19-17(12-16-7-3-4-10-18-16)15-9-8-13-5-1-2-6-14(13)11-15;2-1-3/h1-11H,12H2;. The monoisotopic (exact) mass is 296 g/mol. The molecule has 1 heterocycles. The molecule has 0 fully saturated rings. The molecule has 22 heavy (non-hydrogen) atoms. The van der Waals surface area contributed by atoms with E-state index in [-0.39, 0.29) is 5.78 Å². The first kappa shape index (κ1) is 15.8. The summed E-state index contributed by atoms with van der Waals surface area (Å²) >= 11 is 0. The fourth-order valence-electron chi connectivity index (χ4n) is 2.13. The maximum atomic E-state index is 12.2. The molecule has 0 atom stereocenters. The third kappa shape index (κ3) is 4.22. The van der Waals surface area contributed by atoms with E-state index >= 15 is 0 Å². The molecule has 0 N–H and O–H groups in total. The highest BCUT2D eigenvalue weighted by atomic mass is 19.2. The second-order valence-electron chi connectivity index (χ2n) is 4.57. The van der Waals surface area contributed by atoms with Crippen LogP contribution in [0.15, 0.2) is 66.9 Å². The molecule has 0 aliphatic rings. The topological polar surface area (TPSA) is 30.0 Å². The van der Waals surface area contributed by atoms with Gasteiger partial charge in [0.15, 0.2) is 5.78 Å². The van der Waals surface area contributed by atoms with Gasteiger partial charge in [0.25, 0.3) is 0 Å². The smallest absolute Gasteiger partial charge is 0.294 e. The predicted molar refractivity (Wildman–Crippen MR) is 84.2 cm³/mol. The lowest BCUT2D eigenvalue weighted by Crippen LogP contribution is -2.04. The lowest BCUT2D eigenvalue weighted by atomic mass is 10.0. The van der Waals surface area contributed by atoms with Crippen LogP contribution >= 0.6 is 0 Å². The summed E-state index contributed by atoms with van der Waals surface area (Å²) in [6.07, 6.45) is 2.06. The third-order valence-corrected chi connectivity index (χ3v) is 3.14. The molecule has 0 saturated carbocycles. The quantitative estimate of drug-likeness (QED) is 0.537. The number of hydrogen-bond acceptors (Lipinski definition) is 2. The molecule has 3 rings (SSSR count). The fraction of sp³-hybridized carbons (Fsp3) is 0.0588. The van der Waals surface area contributed by atoms with Crippen molar-refractivity contribution in [2.24, 2.45) is 0 Å². The van der Waals surface area contributed by atoms with E-state index in [1.54, 1.807) is 6.20 Å². The van der Waals surface area contributed by atoms with Crippen LogP contribution in [-0.2, 0) is 6.42 Å². The Kier molecular flexibility index (Phi) is 5.77. The maximum absolute atomic E-state index is 12.2. The number of fused-ring (bicyclic) bond motifs is 1. The zero-order valence-electron chi connectivity index (χ0n) is 11.7. The number of hydrogen-bond donors (Lipinski definition) is 0. The zero-order valence-corrected chi connectivity index (χ0v) is 11.7. The number of rotatable bonds is 3. The number of nitrogens with zero attached hydrogens (tertiary/aromatic N) is 1. The van der Waals surface area contributed by atoms with E-state index in [9.17, 15) is 13.4 Å². The van der Waals surface area contributed by atoms with E-state index in [1.807, 2.05) is 60.7 Å². The fourth-order valence-corrected chi connectivity index (χ4v) is 2.13. The Balaban J connectivity index is 0.000000545. The number of aromatic nitrogens is 1. The lowest BCUT2D eigenvalue weighted by molar-refractivity contribution is 0.0992. The van der Waals surface area contributed by atoms with E-state index in [2.05, 4.69) is 4.98 Å². The highest BCUT2D eigenvalue weighted by molar-refractivity contribution is 6.15. The second-order valence-corrected chi connectivity index (χ2v) is 4.57. The number of carbonyl (C=O) groups excluding carboxylic acids is 1. The summed E-state index contributed by atoms with van der Waals surface area (Å²) in [6, 6.07) is 19.5. The van der Waals surface area contributed by atoms with Crippen LogP contribution in [0.1, 0.15) is 16.1 Å². The second kappa shape index (κ2) is 8.03. The summed E-state index contributed by atoms with van der Waals surface area (Å²) in [4.78, 5) is 16.4. The molecule has 109 valence electrons. The molecule has 3 aromatic rings. The minimum atomic E-state index is -1.00. The Hall–Kier alpha value is -2.56. The molecule has 0 amide bonds. The molecule has 1 radical (unpaired) electrons. The Bertz CT molecular complexity index is 750. The molecule has 2 aromatic carbocycles. The van der Waals surface area contributed by atoms with E-state index in [0.29, 0.717) is 6.42 Å². The number of Topliss-reactive ketones (excluding diaryl/α,β-unsaturated/α-hetero) is 1. The van der Waals surface area contributed by atoms with Crippen LogP contribution in [0, 0.1) is 0 Å². The maximum Gasteiger partial charge on any atom is 0.577 e. The first-order chi connectivity index (χ1) is 10.7. The summed E-state index contributed by atoms with van der Waals surface area (Å²) in [5.41, 5.74) is 1.55. The Morgan fingerprint density at radius 1 is 0.955 bits per heavy atom.